The molecule has 1 atom stereocenters. The van der Waals surface area contributed by atoms with E-state index in [1.807, 2.05) is 20.8 Å². The summed E-state index contributed by atoms with van der Waals surface area (Å²) in [6, 6.07) is 0.490. The first-order valence-corrected chi connectivity index (χ1v) is 6.01. The quantitative estimate of drug-likeness (QED) is 0.691. The van der Waals surface area contributed by atoms with Gasteiger partial charge in [0.2, 0.25) is 0 Å². The summed E-state index contributed by atoms with van der Waals surface area (Å²) in [5.41, 5.74) is -0.735. The van der Waals surface area contributed by atoms with Gasteiger partial charge in [0.1, 0.15) is 0 Å². The molecule has 1 rings (SSSR count). The van der Waals surface area contributed by atoms with Crippen LogP contribution in [0.5, 0.6) is 0 Å². The number of rotatable bonds is 7. The molecule has 1 aliphatic carbocycles. The Morgan fingerprint density at radius 2 is 2.06 bits per heavy atom. The normalized spacial score (nSPS) is 20.1. The molecule has 1 saturated carbocycles. The Kier molecular flexibility index (Phi) is 4.33. The van der Waals surface area contributed by atoms with Crippen LogP contribution in [0.3, 0.4) is 0 Å². The summed E-state index contributed by atoms with van der Waals surface area (Å²) >= 11 is 0. The smallest absolute Gasteiger partial charge is 0.304 e. The molecule has 0 aliphatic heterocycles. The predicted octanol–water partition coefficient (Wildman–Crippen LogP) is 1.33. The summed E-state index contributed by atoms with van der Waals surface area (Å²) in [6.07, 6.45) is 2.42. The molecule has 0 saturated heterocycles. The van der Waals surface area contributed by atoms with E-state index in [9.17, 15) is 9.90 Å². The van der Waals surface area contributed by atoms with Crippen LogP contribution in [0, 0.1) is 5.92 Å². The molecule has 0 heterocycles. The highest BCUT2D eigenvalue weighted by molar-refractivity contribution is 5.66. The summed E-state index contributed by atoms with van der Waals surface area (Å²) in [7, 11) is 0. The van der Waals surface area contributed by atoms with Crippen LogP contribution in [0.4, 0.5) is 0 Å². The second-order valence-corrected chi connectivity index (χ2v) is 5.36. The van der Waals surface area contributed by atoms with Crippen LogP contribution in [0.25, 0.3) is 0 Å². The number of aliphatic carboxylic acids is 1. The molecule has 0 aromatic carbocycles. The number of carbonyl (C=O) groups is 1. The maximum absolute atomic E-state index is 10.6. The van der Waals surface area contributed by atoms with Gasteiger partial charge in [-0.15, -0.1) is 0 Å². The monoisotopic (exact) mass is 229 g/mol. The predicted molar refractivity (Wildman–Crippen MR) is 62.3 cm³/mol. The minimum absolute atomic E-state index is 0.157. The molecule has 1 fully saturated rings. The molecule has 0 bridgehead atoms. The highest BCUT2D eigenvalue weighted by Crippen LogP contribution is 2.29. The first-order valence-electron chi connectivity index (χ1n) is 6.01. The van der Waals surface area contributed by atoms with Gasteiger partial charge >= 0.3 is 5.97 Å². The number of aliphatic hydroxyl groups is 1. The van der Waals surface area contributed by atoms with Crippen LogP contribution in [0.2, 0.25) is 0 Å². The Bertz CT molecular complexity index is 247. The van der Waals surface area contributed by atoms with Gasteiger partial charge in [0.05, 0.1) is 12.0 Å². The molecule has 2 N–H and O–H groups in total. The Balaban J connectivity index is 2.47. The number of hydrogen-bond donors (Lipinski definition) is 2. The fraction of sp³-hybridized carbons (Fsp3) is 0.917. The molecule has 0 radical (unpaired) electrons. The molecular weight excluding hydrogens is 206 g/mol. The number of nitrogens with zero attached hydrogens (tertiary/aromatic N) is 1. The molecule has 4 nitrogen and oxygen atoms in total. The molecule has 16 heavy (non-hydrogen) atoms. The van der Waals surface area contributed by atoms with Crippen molar-refractivity contribution in [1.82, 2.24) is 4.90 Å². The van der Waals surface area contributed by atoms with Crippen molar-refractivity contribution in [3.05, 3.63) is 0 Å². The molecule has 0 aromatic rings. The van der Waals surface area contributed by atoms with Crippen molar-refractivity contribution in [3.63, 3.8) is 0 Å². The number of carboxylic acid groups (broad SMARTS) is 1. The molecular formula is C12H23NO3. The topological polar surface area (TPSA) is 60.8 Å². The lowest BCUT2D eigenvalue weighted by molar-refractivity contribution is -0.137. The Hall–Kier alpha value is -0.610. The Morgan fingerprint density at radius 1 is 1.50 bits per heavy atom. The molecule has 1 aliphatic rings. The minimum atomic E-state index is -0.769. The van der Waals surface area contributed by atoms with Gasteiger partial charge in [-0.3, -0.25) is 9.69 Å². The largest absolute Gasteiger partial charge is 0.481 e. The second kappa shape index (κ2) is 5.15. The van der Waals surface area contributed by atoms with Gasteiger partial charge in [0.25, 0.3) is 0 Å². The van der Waals surface area contributed by atoms with Crippen molar-refractivity contribution in [2.45, 2.75) is 51.7 Å². The first kappa shape index (κ1) is 13.5. The van der Waals surface area contributed by atoms with Gasteiger partial charge < -0.3 is 10.2 Å². The van der Waals surface area contributed by atoms with Crippen LogP contribution in [0.15, 0.2) is 0 Å². The summed E-state index contributed by atoms with van der Waals surface area (Å²) in [5.74, 6) is -0.589. The molecule has 94 valence electrons. The zero-order valence-electron chi connectivity index (χ0n) is 10.4. The van der Waals surface area contributed by atoms with Crippen molar-refractivity contribution in [2.24, 2.45) is 5.92 Å². The highest BCUT2D eigenvalue weighted by Gasteiger charge is 2.35. The van der Waals surface area contributed by atoms with Gasteiger partial charge in [-0.1, -0.05) is 13.8 Å². The molecule has 0 amide bonds. The van der Waals surface area contributed by atoms with Crippen LogP contribution >= 0.6 is 0 Å². The Morgan fingerprint density at radius 3 is 2.44 bits per heavy atom. The van der Waals surface area contributed by atoms with Crippen molar-refractivity contribution >= 4 is 5.97 Å². The van der Waals surface area contributed by atoms with Crippen molar-refractivity contribution in [2.75, 3.05) is 13.1 Å². The third-order valence-corrected chi connectivity index (χ3v) is 3.44. The molecule has 0 aromatic heterocycles. The summed E-state index contributed by atoms with van der Waals surface area (Å²) < 4.78 is 0. The maximum atomic E-state index is 10.6. The van der Waals surface area contributed by atoms with E-state index in [1.54, 1.807) is 0 Å². The number of hydrogen-bond acceptors (Lipinski definition) is 3. The van der Waals surface area contributed by atoms with Gasteiger partial charge in [-0.05, 0) is 25.7 Å². The standard InChI is InChI=1S/C12H23NO3/c1-9(2)12(3,16)8-13(10-4-5-10)7-6-11(14)15/h9-10,16H,4-8H2,1-3H3,(H,14,15). The Labute approximate surface area is 97.3 Å². The van der Waals surface area contributed by atoms with Crippen LogP contribution in [-0.4, -0.2) is 45.8 Å². The van der Waals surface area contributed by atoms with Crippen LogP contribution < -0.4 is 0 Å². The average Bonchev–Trinajstić information content (AvgIpc) is 2.94. The maximum Gasteiger partial charge on any atom is 0.304 e. The van der Waals surface area contributed by atoms with Crippen molar-refractivity contribution in [3.8, 4) is 0 Å². The fourth-order valence-electron chi connectivity index (χ4n) is 1.66. The van der Waals surface area contributed by atoms with Gasteiger partial charge in [0, 0.05) is 19.1 Å². The van der Waals surface area contributed by atoms with E-state index in [0.29, 0.717) is 19.1 Å². The van der Waals surface area contributed by atoms with E-state index in [1.165, 1.54) is 0 Å². The zero-order valence-corrected chi connectivity index (χ0v) is 10.4. The minimum Gasteiger partial charge on any atom is -0.481 e. The molecule has 0 spiro atoms. The summed E-state index contributed by atoms with van der Waals surface area (Å²) in [6.45, 7) is 6.92. The van der Waals surface area contributed by atoms with Gasteiger partial charge in [0.15, 0.2) is 0 Å². The van der Waals surface area contributed by atoms with Gasteiger partial charge in [-0.2, -0.15) is 0 Å². The van der Waals surface area contributed by atoms with E-state index in [0.717, 1.165) is 12.8 Å². The highest BCUT2D eigenvalue weighted by atomic mass is 16.4. The lowest BCUT2D eigenvalue weighted by Crippen LogP contribution is -2.46. The SMILES string of the molecule is CC(C)C(C)(O)CN(CCC(=O)O)C1CC1. The molecule has 4 heteroatoms. The zero-order chi connectivity index (χ0) is 12.3. The number of carboxylic acids is 1. The lowest BCUT2D eigenvalue weighted by Gasteiger charge is -2.34. The van der Waals surface area contributed by atoms with Gasteiger partial charge in [-0.25, -0.2) is 0 Å². The lowest BCUT2D eigenvalue weighted by atomic mass is 9.92. The van der Waals surface area contributed by atoms with E-state index in [-0.39, 0.29) is 12.3 Å². The average molecular weight is 229 g/mol. The van der Waals surface area contributed by atoms with Crippen LogP contribution in [-0.2, 0) is 4.79 Å². The molecule has 1 unspecified atom stereocenters. The summed E-state index contributed by atoms with van der Waals surface area (Å²) in [5, 5.41) is 18.9. The van der Waals surface area contributed by atoms with Crippen molar-refractivity contribution in [1.29, 1.82) is 0 Å². The van der Waals surface area contributed by atoms with Crippen molar-refractivity contribution < 1.29 is 15.0 Å². The van der Waals surface area contributed by atoms with Crippen LogP contribution in [0.1, 0.15) is 40.0 Å². The summed E-state index contributed by atoms with van der Waals surface area (Å²) in [4.78, 5) is 12.7. The van der Waals surface area contributed by atoms with E-state index in [4.69, 9.17) is 5.11 Å². The second-order valence-electron chi connectivity index (χ2n) is 5.36. The van der Waals surface area contributed by atoms with E-state index < -0.39 is 11.6 Å². The first-order chi connectivity index (χ1) is 7.33. The fourth-order valence-corrected chi connectivity index (χ4v) is 1.66. The third-order valence-electron chi connectivity index (χ3n) is 3.44. The van der Waals surface area contributed by atoms with E-state index >= 15 is 0 Å². The third kappa shape index (κ3) is 4.10. The van der Waals surface area contributed by atoms with E-state index in [2.05, 4.69) is 4.90 Å².